The van der Waals surface area contributed by atoms with Crippen molar-refractivity contribution in [2.24, 2.45) is 0 Å². The second kappa shape index (κ2) is 6.80. The standard InChI is InChI=1S/C21H28N4O/c1-4-9-25-12-14(24-21(26)22-5-2)10-17-15-7-6-8-18-20(15)16(11-19(17)25)13(3)23-18/h6-8,10,14,19,23H,4-5,9,11-12H2,1-3H3,(H2,22,24,26)/t14-,19+/m0/s1. The zero-order chi connectivity index (χ0) is 18.3. The molecule has 1 aromatic carbocycles. The molecule has 0 fully saturated rings. The first-order valence-electron chi connectivity index (χ1n) is 9.73. The third-order valence-electron chi connectivity index (χ3n) is 5.63. The second-order valence-corrected chi connectivity index (χ2v) is 7.40. The Hall–Kier alpha value is -2.27. The number of benzene rings is 1. The summed E-state index contributed by atoms with van der Waals surface area (Å²) in [6.07, 6.45) is 4.44. The zero-order valence-corrected chi connectivity index (χ0v) is 15.9. The van der Waals surface area contributed by atoms with Crippen LogP contribution in [0.25, 0.3) is 16.5 Å². The highest BCUT2D eigenvalue weighted by molar-refractivity contribution is 5.99. The van der Waals surface area contributed by atoms with E-state index in [2.05, 4.69) is 58.6 Å². The number of aromatic amines is 1. The second-order valence-electron chi connectivity index (χ2n) is 7.40. The number of aromatic nitrogens is 1. The van der Waals surface area contributed by atoms with Crippen molar-refractivity contribution in [2.75, 3.05) is 19.6 Å². The summed E-state index contributed by atoms with van der Waals surface area (Å²) in [4.78, 5) is 18.1. The summed E-state index contributed by atoms with van der Waals surface area (Å²) < 4.78 is 0. The van der Waals surface area contributed by atoms with Gasteiger partial charge in [-0.3, -0.25) is 4.90 Å². The van der Waals surface area contributed by atoms with Crippen molar-refractivity contribution in [3.63, 3.8) is 0 Å². The summed E-state index contributed by atoms with van der Waals surface area (Å²) in [5.41, 5.74) is 6.64. The van der Waals surface area contributed by atoms with Crippen LogP contribution in [0.3, 0.4) is 0 Å². The van der Waals surface area contributed by atoms with Gasteiger partial charge in [0.25, 0.3) is 0 Å². The minimum Gasteiger partial charge on any atom is -0.358 e. The summed E-state index contributed by atoms with van der Waals surface area (Å²) in [5.74, 6) is 0. The van der Waals surface area contributed by atoms with Gasteiger partial charge in [0, 0.05) is 35.7 Å². The molecule has 0 saturated heterocycles. The molecule has 1 aromatic heterocycles. The highest BCUT2D eigenvalue weighted by Crippen LogP contribution is 2.41. The topological polar surface area (TPSA) is 60.2 Å². The molecule has 138 valence electrons. The Morgan fingerprint density at radius 2 is 2.19 bits per heavy atom. The lowest BCUT2D eigenvalue weighted by atomic mass is 9.80. The number of nitrogens with one attached hydrogen (secondary N) is 3. The fourth-order valence-corrected chi connectivity index (χ4v) is 4.60. The Morgan fingerprint density at radius 1 is 1.35 bits per heavy atom. The minimum atomic E-state index is -0.0866. The number of fused-ring (bicyclic) bond motifs is 2. The maximum Gasteiger partial charge on any atom is 0.315 e. The van der Waals surface area contributed by atoms with Gasteiger partial charge in [-0.2, -0.15) is 0 Å². The monoisotopic (exact) mass is 352 g/mol. The van der Waals surface area contributed by atoms with E-state index in [0.717, 1.165) is 25.9 Å². The summed E-state index contributed by atoms with van der Waals surface area (Å²) in [5, 5.41) is 7.34. The van der Waals surface area contributed by atoms with Gasteiger partial charge in [-0.15, -0.1) is 0 Å². The van der Waals surface area contributed by atoms with Crippen molar-refractivity contribution < 1.29 is 4.79 Å². The molecule has 2 aromatic rings. The minimum absolute atomic E-state index is 0.0381. The lowest BCUT2D eigenvalue weighted by molar-refractivity contribution is 0.202. The summed E-state index contributed by atoms with van der Waals surface area (Å²) >= 11 is 0. The molecule has 2 amide bonds. The fourth-order valence-electron chi connectivity index (χ4n) is 4.60. The van der Waals surface area contributed by atoms with Crippen molar-refractivity contribution in [3.05, 3.63) is 41.1 Å². The third kappa shape index (κ3) is 2.80. The number of hydrogen-bond acceptors (Lipinski definition) is 2. The average molecular weight is 352 g/mol. The molecule has 26 heavy (non-hydrogen) atoms. The molecule has 2 atom stereocenters. The lowest BCUT2D eigenvalue weighted by Crippen LogP contribution is -2.53. The number of carbonyl (C=O) groups is 1. The molecule has 5 nitrogen and oxygen atoms in total. The number of carbonyl (C=O) groups excluding carboxylic acids is 1. The Balaban J connectivity index is 1.77. The highest BCUT2D eigenvalue weighted by Gasteiger charge is 2.35. The van der Waals surface area contributed by atoms with Gasteiger partial charge in [-0.1, -0.05) is 25.1 Å². The van der Waals surface area contributed by atoms with Gasteiger partial charge < -0.3 is 15.6 Å². The molecule has 0 unspecified atom stereocenters. The maximum atomic E-state index is 12.1. The third-order valence-corrected chi connectivity index (χ3v) is 5.63. The molecule has 3 N–H and O–H groups in total. The summed E-state index contributed by atoms with van der Waals surface area (Å²) in [6, 6.07) is 6.87. The van der Waals surface area contributed by atoms with Gasteiger partial charge in [-0.25, -0.2) is 4.79 Å². The van der Waals surface area contributed by atoms with E-state index in [0.29, 0.717) is 12.6 Å². The maximum absolute atomic E-state index is 12.1. The Labute approximate surface area is 154 Å². The van der Waals surface area contributed by atoms with Crippen LogP contribution in [0, 0.1) is 6.92 Å². The SMILES string of the molecule is CCCN1C[C@@H](NC(=O)NCC)C=C2c3cccc4[nH]c(C)c(c34)C[C@H]21. The van der Waals surface area contributed by atoms with Crippen LogP contribution >= 0.6 is 0 Å². The van der Waals surface area contributed by atoms with Gasteiger partial charge in [-0.05, 0) is 56.0 Å². The number of amides is 2. The van der Waals surface area contributed by atoms with Crippen LogP contribution in [0.4, 0.5) is 4.79 Å². The molecule has 1 aliphatic heterocycles. The normalized spacial score (nSPS) is 22.0. The van der Waals surface area contributed by atoms with Crippen LogP contribution < -0.4 is 10.6 Å². The van der Waals surface area contributed by atoms with E-state index in [1.807, 2.05) is 6.92 Å². The predicted octanol–water partition coefficient (Wildman–Crippen LogP) is 3.20. The average Bonchev–Trinajstić information content (AvgIpc) is 2.93. The van der Waals surface area contributed by atoms with E-state index in [4.69, 9.17) is 0 Å². The van der Waals surface area contributed by atoms with Crippen LogP contribution in [0.5, 0.6) is 0 Å². The quantitative estimate of drug-likeness (QED) is 0.791. The Kier molecular flexibility index (Phi) is 4.49. The van der Waals surface area contributed by atoms with Crippen LogP contribution in [-0.4, -0.2) is 47.6 Å². The Bertz CT molecular complexity index is 866. The first kappa shape index (κ1) is 17.2. The number of hydrogen-bond donors (Lipinski definition) is 3. The van der Waals surface area contributed by atoms with Crippen LogP contribution in [0.15, 0.2) is 24.3 Å². The molecule has 5 heteroatoms. The largest absolute Gasteiger partial charge is 0.358 e. The predicted molar refractivity (Wildman–Crippen MR) is 106 cm³/mol. The molecule has 4 rings (SSSR count). The fraction of sp³-hybridized carbons (Fsp3) is 0.476. The van der Waals surface area contributed by atoms with E-state index in [1.54, 1.807) is 0 Å². The van der Waals surface area contributed by atoms with Crippen LogP contribution in [0.1, 0.15) is 37.1 Å². The zero-order valence-electron chi connectivity index (χ0n) is 15.9. The van der Waals surface area contributed by atoms with Crippen LogP contribution in [-0.2, 0) is 6.42 Å². The van der Waals surface area contributed by atoms with E-state index in [9.17, 15) is 4.79 Å². The molecule has 0 saturated carbocycles. The molecule has 0 radical (unpaired) electrons. The van der Waals surface area contributed by atoms with Crippen LogP contribution in [0.2, 0.25) is 0 Å². The number of nitrogens with zero attached hydrogens (tertiary/aromatic N) is 1. The first-order chi connectivity index (χ1) is 12.6. The highest BCUT2D eigenvalue weighted by atomic mass is 16.2. The van der Waals surface area contributed by atoms with Crippen molar-refractivity contribution in [1.82, 2.24) is 20.5 Å². The van der Waals surface area contributed by atoms with Gasteiger partial charge in [0.15, 0.2) is 0 Å². The number of rotatable bonds is 4. The molecule has 0 bridgehead atoms. The molecular weight excluding hydrogens is 324 g/mol. The van der Waals surface area contributed by atoms with Crippen molar-refractivity contribution in [1.29, 1.82) is 0 Å². The van der Waals surface area contributed by atoms with Crippen molar-refractivity contribution in [3.8, 4) is 0 Å². The number of H-pyrrole nitrogens is 1. The molecule has 1 aliphatic carbocycles. The number of urea groups is 1. The molecular formula is C21H28N4O. The number of aryl methyl sites for hydroxylation is 1. The molecule has 0 spiro atoms. The van der Waals surface area contributed by atoms with E-state index >= 15 is 0 Å². The first-order valence-corrected chi connectivity index (χ1v) is 9.73. The smallest absolute Gasteiger partial charge is 0.315 e. The van der Waals surface area contributed by atoms with E-state index in [1.165, 1.54) is 33.3 Å². The van der Waals surface area contributed by atoms with Gasteiger partial charge in [0.1, 0.15) is 0 Å². The van der Waals surface area contributed by atoms with Gasteiger partial charge in [0.05, 0.1) is 6.04 Å². The van der Waals surface area contributed by atoms with E-state index < -0.39 is 0 Å². The van der Waals surface area contributed by atoms with Gasteiger partial charge in [0.2, 0.25) is 0 Å². The van der Waals surface area contributed by atoms with E-state index in [-0.39, 0.29) is 12.1 Å². The van der Waals surface area contributed by atoms with Crippen molar-refractivity contribution in [2.45, 2.75) is 45.7 Å². The summed E-state index contributed by atoms with van der Waals surface area (Å²) in [7, 11) is 0. The molecule has 2 heterocycles. The molecule has 2 aliphatic rings. The van der Waals surface area contributed by atoms with Gasteiger partial charge >= 0.3 is 6.03 Å². The Morgan fingerprint density at radius 3 is 2.96 bits per heavy atom. The van der Waals surface area contributed by atoms with Crippen molar-refractivity contribution >= 4 is 22.5 Å². The lowest BCUT2D eigenvalue weighted by Gasteiger charge is -2.42. The summed E-state index contributed by atoms with van der Waals surface area (Å²) in [6.45, 7) is 8.90.